The molecule has 0 bridgehead atoms. The maximum absolute atomic E-state index is 13.3. The van der Waals surface area contributed by atoms with Gasteiger partial charge < -0.3 is 20.1 Å². The molecule has 1 heterocycles. The van der Waals surface area contributed by atoms with E-state index in [0.29, 0.717) is 37.6 Å². The van der Waals surface area contributed by atoms with Crippen molar-refractivity contribution in [3.63, 3.8) is 0 Å². The molecule has 3 rings (SSSR count). The molecule has 0 unspecified atom stereocenters. The van der Waals surface area contributed by atoms with Crippen molar-refractivity contribution in [3.8, 4) is 11.5 Å². The second-order valence-corrected chi connectivity index (χ2v) is 6.71. The monoisotopic (exact) mass is 390 g/mol. The second kappa shape index (κ2) is 9.61. The number of rotatable bonds is 7. The Morgan fingerprint density at radius 2 is 1.71 bits per heavy atom. The van der Waals surface area contributed by atoms with Crippen LogP contribution in [0.15, 0.2) is 42.5 Å². The molecular formula is C21H24F2N2O3. The van der Waals surface area contributed by atoms with Gasteiger partial charge in [0.25, 0.3) is 5.91 Å². The summed E-state index contributed by atoms with van der Waals surface area (Å²) in [5.41, 5.74) is 6.02. The largest absolute Gasteiger partial charge is 0.457 e. The van der Waals surface area contributed by atoms with Crippen molar-refractivity contribution in [3.05, 3.63) is 59.7 Å². The number of carbonyl (C=O) groups is 1. The Labute approximate surface area is 163 Å². The molecule has 1 fully saturated rings. The van der Waals surface area contributed by atoms with Crippen LogP contribution in [0, 0.1) is 11.6 Å². The van der Waals surface area contributed by atoms with E-state index in [0.717, 1.165) is 31.4 Å². The number of piperidine rings is 1. The lowest BCUT2D eigenvalue weighted by atomic mass is 10.1. The molecular weight excluding hydrogens is 366 g/mol. The smallest absolute Gasteiger partial charge is 0.253 e. The van der Waals surface area contributed by atoms with E-state index in [1.807, 2.05) is 4.90 Å². The first-order valence-electron chi connectivity index (χ1n) is 9.40. The van der Waals surface area contributed by atoms with Crippen LogP contribution in [0.4, 0.5) is 8.78 Å². The maximum Gasteiger partial charge on any atom is 0.253 e. The van der Waals surface area contributed by atoms with E-state index in [1.165, 1.54) is 6.07 Å². The van der Waals surface area contributed by atoms with Crippen LogP contribution in [-0.4, -0.2) is 43.2 Å². The fourth-order valence-electron chi connectivity index (χ4n) is 3.08. The predicted octanol–water partition coefficient (Wildman–Crippen LogP) is 3.73. The van der Waals surface area contributed by atoms with E-state index in [2.05, 4.69) is 0 Å². The number of carbonyl (C=O) groups excluding carboxylic acids is 1. The van der Waals surface area contributed by atoms with Crippen LogP contribution >= 0.6 is 0 Å². The normalized spacial score (nSPS) is 14.9. The summed E-state index contributed by atoms with van der Waals surface area (Å²) in [5, 5.41) is 0. The first-order chi connectivity index (χ1) is 13.6. The standard InChI is InChI=1S/C21H24F2N2O3/c22-19-7-6-18(14-20(19)23)28-17-4-2-15(3-5-17)21(26)25-11-8-16(9-12-25)27-13-1-10-24/h2-7,14,16H,1,8-13,24H2. The number of hydrogen-bond donors (Lipinski definition) is 1. The van der Waals surface area contributed by atoms with Crippen molar-refractivity contribution < 1.29 is 23.0 Å². The lowest BCUT2D eigenvalue weighted by Gasteiger charge is -2.32. The summed E-state index contributed by atoms with van der Waals surface area (Å²) in [6, 6.07) is 9.94. The summed E-state index contributed by atoms with van der Waals surface area (Å²) < 4.78 is 37.5. The summed E-state index contributed by atoms with van der Waals surface area (Å²) in [7, 11) is 0. The van der Waals surface area contributed by atoms with Gasteiger partial charge >= 0.3 is 0 Å². The van der Waals surface area contributed by atoms with E-state index in [-0.39, 0.29) is 17.8 Å². The van der Waals surface area contributed by atoms with Gasteiger partial charge in [-0.05, 0) is 62.2 Å². The topological polar surface area (TPSA) is 64.8 Å². The highest BCUT2D eigenvalue weighted by Crippen LogP contribution is 2.24. The number of hydrogen-bond acceptors (Lipinski definition) is 4. The van der Waals surface area contributed by atoms with Gasteiger partial charge in [0.05, 0.1) is 6.10 Å². The Morgan fingerprint density at radius 1 is 1.04 bits per heavy atom. The maximum atomic E-state index is 13.3. The molecule has 5 nitrogen and oxygen atoms in total. The average Bonchev–Trinajstić information content (AvgIpc) is 2.72. The van der Waals surface area contributed by atoms with Crippen LogP contribution in [0.1, 0.15) is 29.6 Å². The van der Waals surface area contributed by atoms with Gasteiger partial charge in [0.1, 0.15) is 11.5 Å². The molecule has 1 amide bonds. The molecule has 0 saturated carbocycles. The molecule has 2 aromatic rings. The van der Waals surface area contributed by atoms with Gasteiger partial charge in [0.15, 0.2) is 11.6 Å². The van der Waals surface area contributed by atoms with E-state index >= 15 is 0 Å². The summed E-state index contributed by atoms with van der Waals surface area (Å²) in [6.07, 6.45) is 2.65. The Bertz CT molecular complexity index is 791. The van der Waals surface area contributed by atoms with Gasteiger partial charge in [0, 0.05) is 31.3 Å². The molecule has 1 aliphatic heterocycles. The molecule has 0 aromatic heterocycles. The second-order valence-electron chi connectivity index (χ2n) is 6.71. The fourth-order valence-corrected chi connectivity index (χ4v) is 3.08. The van der Waals surface area contributed by atoms with Gasteiger partial charge in [-0.15, -0.1) is 0 Å². The number of halogens is 2. The SMILES string of the molecule is NCCCOC1CCN(C(=O)c2ccc(Oc3ccc(F)c(F)c3)cc2)CC1. The highest BCUT2D eigenvalue weighted by molar-refractivity contribution is 5.94. The van der Waals surface area contributed by atoms with Crippen LogP contribution in [0.5, 0.6) is 11.5 Å². The minimum Gasteiger partial charge on any atom is -0.457 e. The Hall–Kier alpha value is -2.51. The summed E-state index contributed by atoms with van der Waals surface area (Å²) in [6.45, 7) is 2.58. The van der Waals surface area contributed by atoms with Crippen LogP contribution in [0.25, 0.3) is 0 Å². The van der Waals surface area contributed by atoms with Crippen molar-refractivity contribution in [1.82, 2.24) is 4.90 Å². The minimum atomic E-state index is -0.972. The third kappa shape index (κ3) is 5.27. The van der Waals surface area contributed by atoms with Crippen molar-refractivity contribution in [2.75, 3.05) is 26.2 Å². The number of benzene rings is 2. The van der Waals surface area contributed by atoms with Gasteiger partial charge in [-0.1, -0.05) is 0 Å². The third-order valence-electron chi connectivity index (χ3n) is 4.66. The minimum absolute atomic E-state index is 0.0419. The lowest BCUT2D eigenvalue weighted by Crippen LogP contribution is -2.41. The molecule has 0 aliphatic carbocycles. The molecule has 7 heteroatoms. The Kier molecular flexibility index (Phi) is 6.95. The van der Waals surface area contributed by atoms with Gasteiger partial charge in [0.2, 0.25) is 0 Å². The van der Waals surface area contributed by atoms with Crippen molar-refractivity contribution >= 4 is 5.91 Å². The quantitative estimate of drug-likeness (QED) is 0.732. The molecule has 150 valence electrons. The van der Waals surface area contributed by atoms with Gasteiger partial charge in [-0.2, -0.15) is 0 Å². The van der Waals surface area contributed by atoms with E-state index in [1.54, 1.807) is 24.3 Å². The zero-order valence-electron chi connectivity index (χ0n) is 15.6. The van der Waals surface area contributed by atoms with Crippen molar-refractivity contribution in [2.24, 2.45) is 5.73 Å². The molecule has 1 saturated heterocycles. The number of ether oxygens (including phenoxy) is 2. The van der Waals surface area contributed by atoms with Crippen LogP contribution < -0.4 is 10.5 Å². The molecule has 2 N–H and O–H groups in total. The van der Waals surface area contributed by atoms with Crippen LogP contribution in [0.3, 0.4) is 0 Å². The van der Waals surface area contributed by atoms with Gasteiger partial charge in [-0.25, -0.2) is 8.78 Å². The zero-order chi connectivity index (χ0) is 19.9. The number of amides is 1. The zero-order valence-corrected chi connectivity index (χ0v) is 15.6. The molecule has 0 spiro atoms. The summed E-state index contributed by atoms with van der Waals surface area (Å²) in [4.78, 5) is 14.5. The predicted molar refractivity (Wildman–Crippen MR) is 101 cm³/mol. The van der Waals surface area contributed by atoms with Gasteiger partial charge in [-0.3, -0.25) is 4.79 Å². The number of nitrogens with zero attached hydrogens (tertiary/aromatic N) is 1. The Morgan fingerprint density at radius 3 is 2.36 bits per heavy atom. The molecule has 2 aromatic carbocycles. The molecule has 1 aliphatic rings. The lowest BCUT2D eigenvalue weighted by molar-refractivity contribution is 0.00844. The average molecular weight is 390 g/mol. The first-order valence-corrected chi connectivity index (χ1v) is 9.40. The van der Waals surface area contributed by atoms with Crippen LogP contribution in [0.2, 0.25) is 0 Å². The first kappa shape index (κ1) is 20.2. The third-order valence-corrected chi connectivity index (χ3v) is 4.66. The summed E-state index contributed by atoms with van der Waals surface area (Å²) >= 11 is 0. The number of nitrogens with two attached hydrogens (primary N) is 1. The van der Waals surface area contributed by atoms with E-state index in [9.17, 15) is 13.6 Å². The van der Waals surface area contributed by atoms with Crippen molar-refractivity contribution in [2.45, 2.75) is 25.4 Å². The number of likely N-dealkylation sites (tertiary alicyclic amines) is 1. The Balaban J connectivity index is 1.53. The van der Waals surface area contributed by atoms with Crippen LogP contribution in [-0.2, 0) is 4.74 Å². The van der Waals surface area contributed by atoms with E-state index < -0.39 is 11.6 Å². The molecule has 0 radical (unpaired) electrons. The highest BCUT2D eigenvalue weighted by atomic mass is 19.2. The fraction of sp³-hybridized carbons (Fsp3) is 0.381. The molecule has 0 atom stereocenters. The van der Waals surface area contributed by atoms with E-state index in [4.69, 9.17) is 15.2 Å². The summed E-state index contributed by atoms with van der Waals surface area (Å²) in [5.74, 6) is -1.31. The highest BCUT2D eigenvalue weighted by Gasteiger charge is 2.24. The van der Waals surface area contributed by atoms with Crippen molar-refractivity contribution in [1.29, 1.82) is 0 Å². The molecule has 28 heavy (non-hydrogen) atoms.